The van der Waals surface area contributed by atoms with Gasteiger partial charge < -0.3 is 0 Å². The summed E-state index contributed by atoms with van der Waals surface area (Å²) in [5.41, 5.74) is 2.55. The van der Waals surface area contributed by atoms with Gasteiger partial charge in [-0.05, 0) is 19.1 Å². The van der Waals surface area contributed by atoms with Gasteiger partial charge in [-0.15, -0.1) is 0 Å². The van der Waals surface area contributed by atoms with Gasteiger partial charge in [-0.3, -0.25) is 9.05 Å². The maximum atomic E-state index is 11.8. The van der Waals surface area contributed by atoms with E-state index in [4.69, 9.17) is 9.05 Å². The summed E-state index contributed by atoms with van der Waals surface area (Å²) in [6.07, 6.45) is 0. The summed E-state index contributed by atoms with van der Waals surface area (Å²) in [5.74, 6) is 0. The summed E-state index contributed by atoms with van der Waals surface area (Å²) in [6.45, 7) is 8.26. The van der Waals surface area contributed by atoms with Crippen molar-refractivity contribution in [2.75, 3.05) is 13.2 Å². The van der Waals surface area contributed by atoms with Gasteiger partial charge in [0.2, 0.25) is 0 Å². The molecule has 0 N–H and O–H groups in total. The SMILES string of the molecule is CCOP(=O)(C#CSC(C)C)OCC. The summed E-state index contributed by atoms with van der Waals surface area (Å²) in [7, 11) is -3.16. The normalized spacial score (nSPS) is 11.2. The van der Waals surface area contributed by atoms with Gasteiger partial charge in [0.05, 0.1) is 13.2 Å². The van der Waals surface area contributed by atoms with Crippen molar-refractivity contribution in [1.29, 1.82) is 0 Å². The summed E-state index contributed by atoms with van der Waals surface area (Å²) in [6, 6.07) is 0. The molecule has 0 aliphatic rings. The third-order valence-corrected chi connectivity index (χ3v) is 3.50. The Balaban J connectivity index is 4.32. The van der Waals surface area contributed by atoms with Crippen LogP contribution in [0.15, 0.2) is 0 Å². The van der Waals surface area contributed by atoms with E-state index in [-0.39, 0.29) is 0 Å². The first-order chi connectivity index (χ1) is 6.54. The van der Waals surface area contributed by atoms with E-state index in [0.29, 0.717) is 18.5 Å². The second-order valence-corrected chi connectivity index (χ2v) is 5.83. The number of thioether (sulfide) groups is 1. The van der Waals surface area contributed by atoms with Crippen LogP contribution in [-0.2, 0) is 13.6 Å². The molecule has 0 amide bonds. The minimum Gasteiger partial charge on any atom is -0.300 e. The number of rotatable bonds is 5. The first-order valence-corrected chi connectivity index (χ1v) is 7.03. The van der Waals surface area contributed by atoms with Crippen LogP contribution in [0, 0.1) is 10.9 Å². The Hall–Kier alpha value is 0.0600. The van der Waals surface area contributed by atoms with Crippen molar-refractivity contribution < 1.29 is 13.6 Å². The summed E-state index contributed by atoms with van der Waals surface area (Å²) in [4.78, 5) is 0. The third kappa shape index (κ3) is 6.50. The fourth-order valence-corrected chi connectivity index (χ4v) is 2.42. The van der Waals surface area contributed by atoms with Crippen LogP contribution < -0.4 is 0 Å². The lowest BCUT2D eigenvalue weighted by atomic mass is 10.6. The van der Waals surface area contributed by atoms with Gasteiger partial charge in [-0.25, -0.2) is 4.57 Å². The maximum absolute atomic E-state index is 11.8. The summed E-state index contributed by atoms with van der Waals surface area (Å²) >= 11 is 1.42. The van der Waals surface area contributed by atoms with Crippen LogP contribution in [0.2, 0.25) is 0 Å². The standard InChI is InChI=1S/C9H17O3PS/c1-5-11-13(10,12-6-2)7-8-14-9(3)4/h9H,5-6H2,1-4H3. The fraction of sp³-hybridized carbons (Fsp3) is 0.778. The molecule has 0 aliphatic carbocycles. The van der Waals surface area contributed by atoms with Crippen LogP contribution in [-0.4, -0.2) is 18.5 Å². The predicted octanol–water partition coefficient (Wildman–Crippen LogP) is 3.31. The molecule has 0 rings (SSSR count). The van der Waals surface area contributed by atoms with E-state index in [0.717, 1.165) is 0 Å². The molecule has 0 aliphatic heterocycles. The van der Waals surface area contributed by atoms with Gasteiger partial charge >= 0.3 is 7.60 Å². The Labute approximate surface area is 90.5 Å². The van der Waals surface area contributed by atoms with Crippen molar-refractivity contribution in [3.8, 4) is 10.9 Å². The Kier molecular flexibility index (Phi) is 7.40. The molecule has 5 heteroatoms. The van der Waals surface area contributed by atoms with Crippen LogP contribution in [0.25, 0.3) is 0 Å². The van der Waals surface area contributed by atoms with Crippen molar-refractivity contribution in [1.82, 2.24) is 0 Å². The van der Waals surface area contributed by atoms with Crippen LogP contribution in [0.5, 0.6) is 0 Å². The Morgan fingerprint density at radius 1 is 1.29 bits per heavy atom. The van der Waals surface area contributed by atoms with Crippen molar-refractivity contribution in [3.63, 3.8) is 0 Å². The van der Waals surface area contributed by atoms with Gasteiger partial charge in [0.1, 0.15) is 0 Å². The lowest BCUT2D eigenvalue weighted by Gasteiger charge is -2.09. The van der Waals surface area contributed by atoms with Crippen molar-refractivity contribution >= 4 is 19.4 Å². The molecule has 14 heavy (non-hydrogen) atoms. The van der Waals surface area contributed by atoms with Crippen LogP contribution in [0.3, 0.4) is 0 Å². The largest absolute Gasteiger partial charge is 0.406 e. The molecule has 3 nitrogen and oxygen atoms in total. The molecule has 0 radical (unpaired) electrons. The zero-order valence-corrected chi connectivity index (χ0v) is 10.8. The lowest BCUT2D eigenvalue weighted by molar-refractivity contribution is 0.231. The van der Waals surface area contributed by atoms with Crippen LogP contribution >= 0.6 is 19.4 Å². The second kappa shape index (κ2) is 7.36. The Bertz CT molecular complexity index is 245. The van der Waals surface area contributed by atoms with E-state index in [1.807, 2.05) is 13.8 Å². The Morgan fingerprint density at radius 2 is 1.79 bits per heavy atom. The first kappa shape index (κ1) is 14.1. The molecule has 0 spiro atoms. The maximum Gasteiger partial charge on any atom is 0.406 e. The highest BCUT2D eigenvalue weighted by atomic mass is 32.2. The average molecular weight is 236 g/mol. The highest BCUT2D eigenvalue weighted by molar-refractivity contribution is 8.04. The monoisotopic (exact) mass is 236 g/mol. The first-order valence-electron chi connectivity index (χ1n) is 4.61. The molecular weight excluding hydrogens is 219 g/mol. The zero-order chi connectivity index (χ0) is 11.0. The minimum absolute atomic E-state index is 0.346. The van der Waals surface area contributed by atoms with E-state index in [2.05, 4.69) is 10.9 Å². The lowest BCUT2D eigenvalue weighted by Crippen LogP contribution is -1.93. The quantitative estimate of drug-likeness (QED) is 0.542. The molecule has 82 valence electrons. The fourth-order valence-electron chi connectivity index (χ4n) is 0.642. The van der Waals surface area contributed by atoms with Crippen molar-refractivity contribution in [2.45, 2.75) is 32.9 Å². The molecule has 0 atom stereocenters. The zero-order valence-electron chi connectivity index (χ0n) is 9.07. The van der Waals surface area contributed by atoms with Gasteiger partial charge in [0.25, 0.3) is 0 Å². The second-order valence-electron chi connectivity index (χ2n) is 2.71. The van der Waals surface area contributed by atoms with E-state index in [1.165, 1.54) is 11.8 Å². The van der Waals surface area contributed by atoms with Gasteiger partial charge in [0.15, 0.2) is 0 Å². The van der Waals surface area contributed by atoms with Crippen LogP contribution in [0.1, 0.15) is 27.7 Å². The Morgan fingerprint density at radius 3 is 2.14 bits per heavy atom. The predicted molar refractivity (Wildman–Crippen MR) is 61.4 cm³/mol. The van der Waals surface area contributed by atoms with E-state index in [1.54, 1.807) is 13.8 Å². The van der Waals surface area contributed by atoms with Crippen molar-refractivity contribution in [2.24, 2.45) is 0 Å². The summed E-state index contributed by atoms with van der Waals surface area (Å²) in [5, 5.41) is 3.14. The van der Waals surface area contributed by atoms with Gasteiger partial charge in [-0.2, -0.15) is 0 Å². The molecule has 0 aromatic rings. The van der Waals surface area contributed by atoms with Crippen LogP contribution in [0.4, 0.5) is 0 Å². The van der Waals surface area contributed by atoms with E-state index < -0.39 is 7.60 Å². The molecule has 0 aromatic heterocycles. The van der Waals surface area contributed by atoms with E-state index >= 15 is 0 Å². The van der Waals surface area contributed by atoms with E-state index in [9.17, 15) is 4.57 Å². The number of hydrogen-bond donors (Lipinski definition) is 0. The topological polar surface area (TPSA) is 35.5 Å². The third-order valence-electron chi connectivity index (χ3n) is 1.08. The average Bonchev–Trinajstić information content (AvgIpc) is 2.03. The minimum atomic E-state index is -3.16. The molecule has 0 saturated carbocycles. The number of hydrogen-bond acceptors (Lipinski definition) is 4. The highest BCUT2D eigenvalue weighted by Crippen LogP contribution is 2.46. The highest BCUT2D eigenvalue weighted by Gasteiger charge is 2.19. The molecule has 0 saturated heterocycles. The van der Waals surface area contributed by atoms with Gasteiger partial charge in [0, 0.05) is 10.9 Å². The molecule has 0 aromatic carbocycles. The molecule has 0 unspecified atom stereocenters. The molecule has 0 fully saturated rings. The van der Waals surface area contributed by atoms with Gasteiger partial charge in [-0.1, -0.05) is 25.6 Å². The summed E-state index contributed by atoms with van der Waals surface area (Å²) < 4.78 is 21.8. The molecular formula is C9H17O3PS. The van der Waals surface area contributed by atoms with Crippen molar-refractivity contribution in [3.05, 3.63) is 0 Å². The molecule has 0 bridgehead atoms. The molecule has 0 heterocycles. The smallest absolute Gasteiger partial charge is 0.300 e.